The van der Waals surface area contributed by atoms with E-state index in [0.29, 0.717) is 0 Å². The summed E-state index contributed by atoms with van der Waals surface area (Å²) in [5.74, 6) is 0. The molecule has 2 atom stereocenters. The second-order valence-corrected chi connectivity index (χ2v) is 6.17. The summed E-state index contributed by atoms with van der Waals surface area (Å²) in [4.78, 5) is 6.41. The first kappa shape index (κ1) is 13.5. The van der Waals surface area contributed by atoms with Gasteiger partial charge in [0.2, 0.25) is 0 Å². The first-order valence-corrected chi connectivity index (χ1v) is 6.78. The molecule has 3 nitrogen and oxygen atoms in total. The Morgan fingerprint density at radius 3 is 2.94 bits per heavy atom. The zero-order chi connectivity index (χ0) is 13.2. The van der Waals surface area contributed by atoms with Crippen molar-refractivity contribution < 1.29 is 5.11 Å². The van der Waals surface area contributed by atoms with E-state index in [1.165, 1.54) is 12.0 Å². The molecule has 18 heavy (non-hydrogen) atoms. The molecule has 1 saturated carbocycles. The van der Waals surface area contributed by atoms with E-state index in [1.807, 2.05) is 12.3 Å². The van der Waals surface area contributed by atoms with Crippen molar-refractivity contribution in [2.75, 3.05) is 7.05 Å². The van der Waals surface area contributed by atoms with Gasteiger partial charge in [-0.2, -0.15) is 0 Å². The molecule has 1 aliphatic rings. The van der Waals surface area contributed by atoms with Gasteiger partial charge in [0.05, 0.1) is 6.10 Å². The van der Waals surface area contributed by atoms with Crippen molar-refractivity contribution in [1.82, 2.24) is 9.88 Å². The van der Waals surface area contributed by atoms with Crippen molar-refractivity contribution in [3.63, 3.8) is 0 Å². The van der Waals surface area contributed by atoms with Crippen LogP contribution in [0.4, 0.5) is 0 Å². The molecule has 0 amide bonds. The lowest BCUT2D eigenvalue weighted by Gasteiger charge is -2.44. The molecule has 0 saturated heterocycles. The Hall–Kier alpha value is -0.930. The molecule has 0 spiro atoms. The summed E-state index contributed by atoms with van der Waals surface area (Å²) in [7, 11) is 2.10. The first-order valence-electron chi connectivity index (χ1n) is 6.78. The minimum absolute atomic E-state index is 0.0338. The third-order valence-electron chi connectivity index (χ3n) is 4.21. The molecule has 2 rings (SSSR count). The lowest BCUT2D eigenvalue weighted by Crippen LogP contribution is -2.50. The Bertz CT molecular complexity index is 377. The van der Waals surface area contributed by atoms with Gasteiger partial charge in [-0.3, -0.25) is 9.88 Å². The lowest BCUT2D eigenvalue weighted by atomic mass is 9.72. The number of hydrogen-bond acceptors (Lipinski definition) is 3. The van der Waals surface area contributed by atoms with E-state index in [4.69, 9.17) is 0 Å². The van der Waals surface area contributed by atoms with Gasteiger partial charge in [-0.1, -0.05) is 26.3 Å². The van der Waals surface area contributed by atoms with Gasteiger partial charge in [0, 0.05) is 25.0 Å². The number of likely N-dealkylation sites (N-methyl/N-ethyl adjacent to an activating group) is 1. The maximum absolute atomic E-state index is 10.5. The number of hydrogen-bond donors (Lipinski definition) is 1. The fraction of sp³-hybridized carbons (Fsp3) is 0.667. The number of aliphatic hydroxyl groups is 1. The van der Waals surface area contributed by atoms with Crippen molar-refractivity contribution in [2.45, 2.75) is 51.8 Å². The molecule has 2 unspecified atom stereocenters. The Morgan fingerprint density at radius 1 is 1.50 bits per heavy atom. The Kier molecular flexibility index (Phi) is 4.03. The van der Waals surface area contributed by atoms with Gasteiger partial charge in [0.15, 0.2) is 0 Å². The predicted molar refractivity (Wildman–Crippen MR) is 73.1 cm³/mol. The molecule has 0 aliphatic heterocycles. The summed E-state index contributed by atoms with van der Waals surface area (Å²) < 4.78 is 0. The minimum atomic E-state index is -0.243. The average molecular weight is 248 g/mol. The topological polar surface area (TPSA) is 36.4 Å². The molecule has 1 heterocycles. The van der Waals surface area contributed by atoms with Crippen molar-refractivity contribution in [3.05, 3.63) is 30.1 Å². The SMILES string of the molecule is CN(Cc1cccnc1)C1CCCC(C)(C)C1O. The fourth-order valence-corrected chi connectivity index (χ4v) is 2.95. The van der Waals surface area contributed by atoms with Gasteiger partial charge in [0.25, 0.3) is 0 Å². The van der Waals surface area contributed by atoms with Gasteiger partial charge < -0.3 is 5.11 Å². The Morgan fingerprint density at radius 2 is 2.28 bits per heavy atom. The molecule has 1 aliphatic carbocycles. The predicted octanol–water partition coefficient (Wildman–Crippen LogP) is 2.45. The third kappa shape index (κ3) is 2.90. The van der Waals surface area contributed by atoms with E-state index >= 15 is 0 Å². The van der Waals surface area contributed by atoms with E-state index in [-0.39, 0.29) is 17.6 Å². The zero-order valence-corrected chi connectivity index (χ0v) is 11.6. The number of nitrogens with zero attached hydrogens (tertiary/aromatic N) is 2. The fourth-order valence-electron chi connectivity index (χ4n) is 2.95. The first-order chi connectivity index (χ1) is 8.50. The van der Waals surface area contributed by atoms with Crippen LogP contribution in [0.2, 0.25) is 0 Å². The molecule has 0 bridgehead atoms. The van der Waals surface area contributed by atoms with Crippen LogP contribution < -0.4 is 0 Å². The van der Waals surface area contributed by atoms with E-state index in [1.54, 1.807) is 6.20 Å². The van der Waals surface area contributed by atoms with Crippen LogP contribution in [-0.2, 0) is 6.54 Å². The van der Waals surface area contributed by atoms with Crippen LogP contribution in [-0.4, -0.2) is 34.2 Å². The Balaban J connectivity index is 2.02. The van der Waals surface area contributed by atoms with Crippen LogP contribution in [0, 0.1) is 5.41 Å². The second kappa shape index (κ2) is 5.37. The van der Waals surface area contributed by atoms with Gasteiger partial charge >= 0.3 is 0 Å². The summed E-state index contributed by atoms with van der Waals surface area (Å²) in [5.41, 5.74) is 1.24. The third-order valence-corrected chi connectivity index (χ3v) is 4.21. The molecular formula is C15H24N2O. The van der Waals surface area contributed by atoms with Crippen molar-refractivity contribution >= 4 is 0 Å². The highest BCUT2D eigenvalue weighted by Gasteiger charge is 2.39. The van der Waals surface area contributed by atoms with Gasteiger partial charge in [-0.15, -0.1) is 0 Å². The zero-order valence-electron chi connectivity index (χ0n) is 11.6. The Labute approximate surface area is 110 Å². The summed E-state index contributed by atoms with van der Waals surface area (Å²) in [6.07, 6.45) is 6.85. The maximum atomic E-state index is 10.5. The highest BCUT2D eigenvalue weighted by molar-refractivity contribution is 5.08. The molecule has 1 aromatic heterocycles. The van der Waals surface area contributed by atoms with E-state index in [9.17, 15) is 5.11 Å². The quantitative estimate of drug-likeness (QED) is 0.892. The largest absolute Gasteiger partial charge is 0.391 e. The summed E-state index contributed by atoms with van der Waals surface area (Å²) >= 11 is 0. The standard InChI is InChI=1S/C15H24N2O/c1-15(2)8-4-7-13(14(15)18)17(3)11-12-6-5-9-16-10-12/h5-6,9-10,13-14,18H,4,7-8,11H2,1-3H3. The van der Waals surface area contributed by atoms with E-state index in [2.05, 4.69) is 36.8 Å². The highest BCUT2D eigenvalue weighted by Crippen LogP contribution is 2.37. The van der Waals surface area contributed by atoms with Crippen LogP contribution >= 0.6 is 0 Å². The van der Waals surface area contributed by atoms with Crippen molar-refractivity contribution in [3.8, 4) is 0 Å². The van der Waals surface area contributed by atoms with Crippen LogP contribution in [0.1, 0.15) is 38.7 Å². The summed E-state index contributed by atoms with van der Waals surface area (Å²) in [6.45, 7) is 5.19. The molecule has 0 aromatic carbocycles. The van der Waals surface area contributed by atoms with Crippen LogP contribution in [0.25, 0.3) is 0 Å². The summed E-state index contributed by atoms with van der Waals surface area (Å²) in [6, 6.07) is 4.31. The van der Waals surface area contributed by atoms with Gasteiger partial charge in [-0.05, 0) is 36.9 Å². The molecule has 100 valence electrons. The summed E-state index contributed by atoms with van der Waals surface area (Å²) in [5, 5.41) is 10.5. The van der Waals surface area contributed by atoms with Crippen molar-refractivity contribution in [1.29, 1.82) is 0 Å². The van der Waals surface area contributed by atoms with Crippen LogP contribution in [0.5, 0.6) is 0 Å². The van der Waals surface area contributed by atoms with Gasteiger partial charge in [-0.25, -0.2) is 0 Å². The molecule has 1 fully saturated rings. The monoisotopic (exact) mass is 248 g/mol. The van der Waals surface area contributed by atoms with E-state index in [0.717, 1.165) is 19.4 Å². The molecule has 3 heteroatoms. The highest BCUT2D eigenvalue weighted by atomic mass is 16.3. The number of pyridine rings is 1. The normalized spacial score (nSPS) is 27.4. The van der Waals surface area contributed by atoms with Gasteiger partial charge in [0.1, 0.15) is 0 Å². The van der Waals surface area contributed by atoms with Crippen molar-refractivity contribution in [2.24, 2.45) is 5.41 Å². The average Bonchev–Trinajstić information content (AvgIpc) is 2.34. The van der Waals surface area contributed by atoms with Crippen LogP contribution in [0.15, 0.2) is 24.5 Å². The molecule has 1 N–H and O–H groups in total. The second-order valence-electron chi connectivity index (χ2n) is 6.17. The molecular weight excluding hydrogens is 224 g/mol. The lowest BCUT2D eigenvalue weighted by molar-refractivity contribution is -0.0524. The smallest absolute Gasteiger partial charge is 0.0746 e. The number of aliphatic hydroxyl groups excluding tert-OH is 1. The molecule has 0 radical (unpaired) electrons. The molecule has 1 aromatic rings. The maximum Gasteiger partial charge on any atom is 0.0746 e. The van der Waals surface area contributed by atoms with Crippen LogP contribution in [0.3, 0.4) is 0 Å². The minimum Gasteiger partial charge on any atom is -0.391 e. The number of rotatable bonds is 3. The van der Waals surface area contributed by atoms with E-state index < -0.39 is 0 Å². The number of aromatic nitrogens is 1.